The molecule has 2 aromatic heterocycles. The Morgan fingerprint density at radius 1 is 1.14 bits per heavy atom. The molecule has 7 nitrogen and oxygen atoms in total. The maximum atomic E-state index is 12.8. The summed E-state index contributed by atoms with van der Waals surface area (Å²) in [5, 5.41) is 3.80. The minimum atomic E-state index is -0.156. The summed E-state index contributed by atoms with van der Waals surface area (Å²) in [5.41, 5.74) is 8.07. The van der Waals surface area contributed by atoms with Crippen molar-refractivity contribution in [3.05, 3.63) is 78.1 Å². The second kappa shape index (κ2) is 7.40. The molecule has 0 bridgehead atoms. The van der Waals surface area contributed by atoms with E-state index in [2.05, 4.69) is 15.3 Å². The van der Waals surface area contributed by atoms with Crippen molar-refractivity contribution in [3.8, 4) is 11.6 Å². The van der Waals surface area contributed by atoms with Gasteiger partial charge in [0.2, 0.25) is 5.95 Å². The van der Waals surface area contributed by atoms with Crippen LogP contribution in [0.5, 0.6) is 5.75 Å². The smallest absolute Gasteiger partial charge is 0.252 e. The average molecular weight is 373 g/mol. The Labute approximate surface area is 161 Å². The molecule has 0 saturated heterocycles. The number of nitrogens with zero attached hydrogens (tertiary/aromatic N) is 3. The fourth-order valence-electron chi connectivity index (χ4n) is 3.18. The zero-order valence-electron chi connectivity index (χ0n) is 15.3. The van der Waals surface area contributed by atoms with Gasteiger partial charge in [-0.2, -0.15) is 4.98 Å². The van der Waals surface area contributed by atoms with E-state index < -0.39 is 0 Å². The first-order valence-electron chi connectivity index (χ1n) is 8.76. The summed E-state index contributed by atoms with van der Waals surface area (Å²) < 4.78 is 7.22. The summed E-state index contributed by atoms with van der Waals surface area (Å²) >= 11 is 0. The molecular weight excluding hydrogens is 354 g/mol. The van der Waals surface area contributed by atoms with E-state index in [4.69, 9.17) is 10.5 Å². The monoisotopic (exact) mass is 373 g/mol. The first kappa shape index (κ1) is 17.5. The average Bonchev–Trinajstić information content (AvgIpc) is 3.16. The predicted molar refractivity (Wildman–Crippen MR) is 107 cm³/mol. The topological polar surface area (TPSA) is 95.1 Å². The molecular formula is C21H19N5O2. The van der Waals surface area contributed by atoms with Crippen LogP contribution in [0.4, 0.5) is 5.95 Å². The van der Waals surface area contributed by atoms with Crippen LogP contribution in [0.15, 0.2) is 67.0 Å². The lowest BCUT2D eigenvalue weighted by Crippen LogP contribution is -2.23. The van der Waals surface area contributed by atoms with Crippen LogP contribution < -0.4 is 15.8 Å². The highest BCUT2D eigenvalue weighted by Crippen LogP contribution is 2.23. The molecule has 2 aromatic carbocycles. The third-order valence-electron chi connectivity index (χ3n) is 4.52. The van der Waals surface area contributed by atoms with Crippen molar-refractivity contribution < 1.29 is 9.53 Å². The molecule has 4 rings (SSSR count). The SMILES string of the molecule is COc1ccccc1CNC(=O)c1cccc2c1ccn2-c1ccnc(N)n1. The fourth-order valence-corrected chi connectivity index (χ4v) is 3.18. The van der Waals surface area contributed by atoms with Gasteiger partial charge in [0.15, 0.2) is 0 Å². The molecule has 4 aromatic rings. The lowest BCUT2D eigenvalue weighted by molar-refractivity contribution is 0.0952. The van der Waals surface area contributed by atoms with Gasteiger partial charge in [0.05, 0.1) is 12.6 Å². The second-order valence-electron chi connectivity index (χ2n) is 6.19. The number of hydrogen-bond donors (Lipinski definition) is 2. The normalized spacial score (nSPS) is 10.8. The molecule has 0 aliphatic carbocycles. The van der Waals surface area contributed by atoms with Crippen LogP contribution in [-0.4, -0.2) is 27.6 Å². The van der Waals surface area contributed by atoms with E-state index in [1.54, 1.807) is 25.4 Å². The van der Waals surface area contributed by atoms with Crippen molar-refractivity contribution >= 4 is 22.8 Å². The lowest BCUT2D eigenvalue weighted by Gasteiger charge is -2.10. The number of nitrogens with two attached hydrogens (primary N) is 1. The second-order valence-corrected chi connectivity index (χ2v) is 6.19. The number of nitrogens with one attached hydrogen (secondary N) is 1. The number of benzene rings is 2. The van der Waals surface area contributed by atoms with Crippen molar-refractivity contribution in [2.45, 2.75) is 6.54 Å². The van der Waals surface area contributed by atoms with Crippen LogP contribution >= 0.6 is 0 Å². The molecule has 140 valence electrons. The zero-order chi connectivity index (χ0) is 19.5. The Morgan fingerprint density at radius 3 is 2.82 bits per heavy atom. The minimum absolute atomic E-state index is 0.156. The summed E-state index contributed by atoms with van der Waals surface area (Å²) in [5.74, 6) is 1.43. The van der Waals surface area contributed by atoms with Crippen LogP contribution in [-0.2, 0) is 6.54 Å². The Balaban J connectivity index is 1.63. The Morgan fingerprint density at radius 2 is 2.00 bits per heavy atom. The Kier molecular flexibility index (Phi) is 4.63. The standard InChI is InChI=1S/C21H19N5O2/c1-28-18-8-3-2-5-14(18)13-24-20(27)16-6-4-7-17-15(16)10-12-26(17)19-9-11-23-21(22)25-19/h2-12H,13H2,1H3,(H,24,27)(H2,22,23,25). The number of carbonyl (C=O) groups is 1. The van der Waals surface area contributed by atoms with Crippen molar-refractivity contribution in [3.63, 3.8) is 0 Å². The molecule has 0 unspecified atom stereocenters. The van der Waals surface area contributed by atoms with Crippen molar-refractivity contribution in [1.29, 1.82) is 0 Å². The third-order valence-corrected chi connectivity index (χ3v) is 4.52. The van der Waals surface area contributed by atoms with Crippen LogP contribution in [0.1, 0.15) is 15.9 Å². The number of amides is 1. The Hall–Kier alpha value is -3.87. The number of aromatic nitrogens is 3. The molecule has 2 heterocycles. The van der Waals surface area contributed by atoms with Gasteiger partial charge in [0.1, 0.15) is 11.6 Å². The van der Waals surface area contributed by atoms with Crippen molar-refractivity contribution in [2.75, 3.05) is 12.8 Å². The molecule has 0 atom stereocenters. The quantitative estimate of drug-likeness (QED) is 0.561. The summed E-state index contributed by atoms with van der Waals surface area (Å²) in [6, 6.07) is 16.9. The number of para-hydroxylation sites is 1. The highest BCUT2D eigenvalue weighted by Gasteiger charge is 2.14. The summed E-state index contributed by atoms with van der Waals surface area (Å²) in [7, 11) is 1.62. The highest BCUT2D eigenvalue weighted by atomic mass is 16.5. The Bertz CT molecular complexity index is 1150. The molecule has 0 aliphatic rings. The van der Waals surface area contributed by atoms with Crippen LogP contribution in [0.2, 0.25) is 0 Å². The third kappa shape index (κ3) is 3.25. The number of ether oxygens (including phenoxy) is 1. The molecule has 7 heteroatoms. The number of anilines is 1. The molecule has 3 N–H and O–H groups in total. The van der Waals surface area contributed by atoms with Gasteiger partial charge in [-0.1, -0.05) is 24.3 Å². The lowest BCUT2D eigenvalue weighted by atomic mass is 10.1. The highest BCUT2D eigenvalue weighted by molar-refractivity contribution is 6.06. The number of fused-ring (bicyclic) bond motifs is 1. The van der Waals surface area contributed by atoms with E-state index in [1.807, 2.05) is 53.2 Å². The first-order chi connectivity index (χ1) is 13.7. The van der Waals surface area contributed by atoms with E-state index >= 15 is 0 Å². The summed E-state index contributed by atoms with van der Waals surface area (Å²) in [6.07, 6.45) is 3.47. The summed E-state index contributed by atoms with van der Waals surface area (Å²) in [6.45, 7) is 0.377. The maximum absolute atomic E-state index is 12.8. The molecule has 0 fully saturated rings. The van der Waals surface area contributed by atoms with E-state index in [-0.39, 0.29) is 11.9 Å². The van der Waals surface area contributed by atoms with E-state index in [1.165, 1.54) is 0 Å². The predicted octanol–water partition coefficient (Wildman–Crippen LogP) is 2.94. The van der Waals surface area contributed by atoms with Crippen LogP contribution in [0, 0.1) is 0 Å². The molecule has 28 heavy (non-hydrogen) atoms. The van der Waals surface area contributed by atoms with Crippen LogP contribution in [0.25, 0.3) is 16.7 Å². The maximum Gasteiger partial charge on any atom is 0.252 e. The summed E-state index contributed by atoms with van der Waals surface area (Å²) in [4.78, 5) is 21.0. The van der Waals surface area contributed by atoms with Crippen molar-refractivity contribution in [1.82, 2.24) is 19.9 Å². The number of nitrogen functional groups attached to an aromatic ring is 1. The van der Waals surface area contributed by atoms with Gasteiger partial charge in [-0.05, 0) is 30.3 Å². The van der Waals surface area contributed by atoms with Gasteiger partial charge in [-0.3, -0.25) is 4.79 Å². The largest absolute Gasteiger partial charge is 0.496 e. The fraction of sp³-hybridized carbons (Fsp3) is 0.0952. The number of rotatable bonds is 5. The van der Waals surface area contributed by atoms with Gasteiger partial charge in [0.25, 0.3) is 5.91 Å². The molecule has 0 aliphatic heterocycles. The number of carbonyl (C=O) groups excluding carboxylic acids is 1. The first-order valence-corrected chi connectivity index (χ1v) is 8.76. The molecule has 1 amide bonds. The van der Waals surface area contributed by atoms with Gasteiger partial charge >= 0.3 is 0 Å². The zero-order valence-corrected chi connectivity index (χ0v) is 15.3. The number of hydrogen-bond acceptors (Lipinski definition) is 5. The van der Waals surface area contributed by atoms with Gasteiger partial charge < -0.3 is 20.4 Å². The minimum Gasteiger partial charge on any atom is -0.496 e. The van der Waals surface area contributed by atoms with Gasteiger partial charge in [0, 0.05) is 35.5 Å². The molecule has 0 saturated carbocycles. The van der Waals surface area contributed by atoms with Gasteiger partial charge in [-0.25, -0.2) is 4.98 Å². The molecule has 0 radical (unpaired) electrons. The van der Waals surface area contributed by atoms with E-state index in [0.717, 1.165) is 22.2 Å². The number of methoxy groups -OCH3 is 1. The van der Waals surface area contributed by atoms with Crippen LogP contribution in [0.3, 0.4) is 0 Å². The molecule has 0 spiro atoms. The van der Waals surface area contributed by atoms with E-state index in [0.29, 0.717) is 17.9 Å². The van der Waals surface area contributed by atoms with E-state index in [9.17, 15) is 4.79 Å². The van der Waals surface area contributed by atoms with Gasteiger partial charge in [-0.15, -0.1) is 0 Å². The van der Waals surface area contributed by atoms with Crippen molar-refractivity contribution in [2.24, 2.45) is 0 Å².